The molecular formula is C27H22BrFN2O3. The number of ether oxygens (including phenoxy) is 2. The van der Waals surface area contributed by atoms with Crippen molar-refractivity contribution in [1.82, 2.24) is 0 Å². The van der Waals surface area contributed by atoms with E-state index >= 15 is 0 Å². The lowest BCUT2D eigenvalue weighted by molar-refractivity contribution is -0.112. The van der Waals surface area contributed by atoms with Crippen LogP contribution in [-0.4, -0.2) is 13.0 Å². The highest BCUT2D eigenvalue weighted by molar-refractivity contribution is 9.10. The van der Waals surface area contributed by atoms with Crippen LogP contribution in [0, 0.1) is 17.1 Å². The minimum Gasteiger partial charge on any atom is -0.493 e. The number of anilines is 1. The van der Waals surface area contributed by atoms with E-state index in [1.807, 2.05) is 30.3 Å². The Balaban J connectivity index is 1.90. The van der Waals surface area contributed by atoms with Gasteiger partial charge in [-0.25, -0.2) is 4.39 Å². The lowest BCUT2D eigenvalue weighted by Crippen LogP contribution is -2.14. The van der Waals surface area contributed by atoms with E-state index in [1.54, 1.807) is 24.3 Å². The summed E-state index contributed by atoms with van der Waals surface area (Å²) in [6, 6.07) is 18.9. The Bertz CT molecular complexity index is 1260. The first-order valence-electron chi connectivity index (χ1n) is 10.3. The molecule has 34 heavy (non-hydrogen) atoms. The van der Waals surface area contributed by atoms with Gasteiger partial charge in [-0.05, 0) is 60.0 Å². The molecule has 0 unspecified atom stereocenters. The molecule has 3 aromatic carbocycles. The van der Waals surface area contributed by atoms with Crippen LogP contribution in [0.1, 0.15) is 16.7 Å². The van der Waals surface area contributed by atoms with Crippen LogP contribution in [0.15, 0.2) is 83.4 Å². The quantitative estimate of drug-likeness (QED) is 0.200. The number of nitrogens with zero attached hydrogens (tertiary/aromatic N) is 1. The number of hydrogen-bond donors (Lipinski definition) is 1. The minimum atomic E-state index is -0.715. The maximum Gasteiger partial charge on any atom is 0.266 e. The van der Waals surface area contributed by atoms with Gasteiger partial charge in [-0.2, -0.15) is 5.26 Å². The average molecular weight is 521 g/mol. The number of carbonyl (C=O) groups excluding carboxylic acids is 1. The Morgan fingerprint density at radius 1 is 1.21 bits per heavy atom. The van der Waals surface area contributed by atoms with Gasteiger partial charge in [0.25, 0.3) is 5.91 Å². The van der Waals surface area contributed by atoms with Crippen molar-refractivity contribution in [1.29, 1.82) is 5.26 Å². The number of benzene rings is 3. The maximum absolute atomic E-state index is 13.9. The van der Waals surface area contributed by atoms with Crippen LogP contribution in [0.5, 0.6) is 11.5 Å². The molecule has 0 spiro atoms. The van der Waals surface area contributed by atoms with Crippen molar-refractivity contribution in [2.45, 2.75) is 13.0 Å². The summed E-state index contributed by atoms with van der Waals surface area (Å²) in [6.45, 7) is 4.13. The summed E-state index contributed by atoms with van der Waals surface area (Å²) in [6.07, 6.45) is 3.63. The standard InChI is InChI=1S/C27H22BrFN2O3/c1-3-6-20-13-19(14-21(16-30)27(32)31-24-8-5-4-7-23(24)29)15-25(33-2)26(20)34-17-18-9-11-22(28)12-10-18/h3-5,7-15H,1,6,17H2,2H3,(H,31,32)/b21-14-. The van der Waals surface area contributed by atoms with Gasteiger partial charge >= 0.3 is 0 Å². The number of carbonyl (C=O) groups is 1. The van der Waals surface area contributed by atoms with Gasteiger partial charge in [-0.15, -0.1) is 6.58 Å². The van der Waals surface area contributed by atoms with E-state index in [-0.39, 0.29) is 11.3 Å². The lowest BCUT2D eigenvalue weighted by atomic mass is 10.0. The van der Waals surface area contributed by atoms with E-state index in [2.05, 4.69) is 27.8 Å². The average Bonchev–Trinajstić information content (AvgIpc) is 2.84. The second kappa shape index (κ2) is 11.8. The third kappa shape index (κ3) is 6.33. The molecule has 0 fully saturated rings. The SMILES string of the molecule is C=CCc1cc(/C=C(/C#N)C(=O)Nc2ccccc2F)cc(OC)c1OCc1ccc(Br)cc1. The van der Waals surface area contributed by atoms with Gasteiger partial charge < -0.3 is 14.8 Å². The van der Waals surface area contributed by atoms with E-state index in [0.29, 0.717) is 30.1 Å². The number of halogens is 2. The predicted molar refractivity (Wildman–Crippen MR) is 134 cm³/mol. The van der Waals surface area contributed by atoms with Crippen LogP contribution in [0.2, 0.25) is 0 Å². The molecule has 0 atom stereocenters. The smallest absolute Gasteiger partial charge is 0.266 e. The number of hydrogen-bond acceptors (Lipinski definition) is 4. The van der Waals surface area contributed by atoms with Gasteiger partial charge in [0.15, 0.2) is 11.5 Å². The molecule has 0 bridgehead atoms. The zero-order valence-corrected chi connectivity index (χ0v) is 20.1. The third-order valence-electron chi connectivity index (χ3n) is 4.83. The van der Waals surface area contributed by atoms with Crippen molar-refractivity contribution >= 4 is 33.6 Å². The van der Waals surface area contributed by atoms with Crippen LogP contribution in [0.3, 0.4) is 0 Å². The van der Waals surface area contributed by atoms with Gasteiger partial charge in [0.05, 0.1) is 12.8 Å². The molecule has 0 aromatic heterocycles. The molecule has 7 heteroatoms. The Morgan fingerprint density at radius 3 is 2.59 bits per heavy atom. The van der Waals surface area contributed by atoms with Crippen LogP contribution in [0.25, 0.3) is 6.08 Å². The van der Waals surface area contributed by atoms with Gasteiger partial charge in [0.2, 0.25) is 0 Å². The van der Waals surface area contributed by atoms with Crippen molar-refractivity contribution in [3.63, 3.8) is 0 Å². The minimum absolute atomic E-state index is 0.00438. The topological polar surface area (TPSA) is 71.4 Å². The molecule has 0 aliphatic heterocycles. The van der Waals surface area contributed by atoms with Crippen LogP contribution < -0.4 is 14.8 Å². The zero-order valence-electron chi connectivity index (χ0n) is 18.5. The first kappa shape index (κ1) is 24.7. The lowest BCUT2D eigenvalue weighted by Gasteiger charge is -2.16. The fourth-order valence-electron chi connectivity index (χ4n) is 3.19. The molecule has 0 radical (unpaired) electrons. The van der Waals surface area contributed by atoms with E-state index in [1.165, 1.54) is 31.4 Å². The van der Waals surface area contributed by atoms with Crippen LogP contribution >= 0.6 is 15.9 Å². The van der Waals surface area contributed by atoms with Gasteiger partial charge in [-0.3, -0.25) is 4.79 Å². The predicted octanol–water partition coefficient (Wildman–Crippen LogP) is 6.45. The summed E-state index contributed by atoms with van der Waals surface area (Å²) < 4.78 is 26.5. The van der Waals surface area contributed by atoms with Crippen molar-refractivity contribution in [2.75, 3.05) is 12.4 Å². The van der Waals surface area contributed by atoms with E-state index < -0.39 is 11.7 Å². The van der Waals surface area contributed by atoms with Crippen LogP contribution in [0.4, 0.5) is 10.1 Å². The molecule has 1 amide bonds. The number of allylic oxidation sites excluding steroid dienone is 1. The molecule has 0 saturated carbocycles. The molecule has 172 valence electrons. The van der Waals surface area contributed by atoms with Crippen LogP contribution in [-0.2, 0) is 17.8 Å². The fraction of sp³-hybridized carbons (Fsp3) is 0.111. The summed E-state index contributed by atoms with van der Waals surface area (Å²) >= 11 is 3.41. The van der Waals surface area contributed by atoms with E-state index in [4.69, 9.17) is 9.47 Å². The molecule has 3 rings (SSSR count). The molecule has 0 aliphatic rings. The Kier molecular flexibility index (Phi) is 8.60. The van der Waals surface area contributed by atoms with Crippen molar-refractivity contribution in [2.24, 2.45) is 0 Å². The number of methoxy groups -OCH3 is 1. The molecule has 1 N–H and O–H groups in total. The molecule has 5 nitrogen and oxygen atoms in total. The number of para-hydroxylation sites is 1. The Hall–Kier alpha value is -3.89. The largest absolute Gasteiger partial charge is 0.493 e. The molecular weight excluding hydrogens is 499 g/mol. The molecule has 0 heterocycles. The number of nitriles is 1. The third-order valence-corrected chi connectivity index (χ3v) is 5.36. The molecule has 0 aliphatic carbocycles. The highest BCUT2D eigenvalue weighted by Crippen LogP contribution is 2.35. The first-order valence-corrected chi connectivity index (χ1v) is 11.1. The highest BCUT2D eigenvalue weighted by atomic mass is 79.9. The number of nitrogens with one attached hydrogen (secondary N) is 1. The molecule has 3 aromatic rings. The fourth-order valence-corrected chi connectivity index (χ4v) is 3.46. The normalized spacial score (nSPS) is 10.8. The summed E-state index contributed by atoms with van der Waals surface area (Å²) in [5, 5.41) is 12.0. The maximum atomic E-state index is 13.9. The zero-order chi connectivity index (χ0) is 24.5. The number of rotatable bonds is 9. The second-order valence-electron chi connectivity index (χ2n) is 7.22. The van der Waals surface area contributed by atoms with E-state index in [0.717, 1.165) is 15.6 Å². The second-order valence-corrected chi connectivity index (χ2v) is 8.14. The highest BCUT2D eigenvalue weighted by Gasteiger charge is 2.16. The van der Waals surface area contributed by atoms with Gasteiger partial charge in [-0.1, -0.05) is 46.3 Å². The van der Waals surface area contributed by atoms with Gasteiger partial charge in [0.1, 0.15) is 24.1 Å². The van der Waals surface area contributed by atoms with Crippen molar-refractivity contribution < 1.29 is 18.7 Å². The van der Waals surface area contributed by atoms with E-state index in [9.17, 15) is 14.4 Å². The van der Waals surface area contributed by atoms with Crippen molar-refractivity contribution in [3.05, 3.63) is 106 Å². The monoisotopic (exact) mass is 520 g/mol. The Labute approximate surface area is 206 Å². The first-order chi connectivity index (χ1) is 16.4. The Morgan fingerprint density at radius 2 is 1.94 bits per heavy atom. The summed E-state index contributed by atoms with van der Waals surface area (Å²) in [5.74, 6) is -0.297. The summed E-state index contributed by atoms with van der Waals surface area (Å²) in [5.41, 5.74) is 2.14. The number of amides is 1. The van der Waals surface area contributed by atoms with Gasteiger partial charge in [0, 0.05) is 10.0 Å². The molecule has 0 saturated heterocycles. The summed E-state index contributed by atoms with van der Waals surface area (Å²) in [4.78, 5) is 12.6. The van der Waals surface area contributed by atoms with Crippen molar-refractivity contribution in [3.8, 4) is 17.6 Å². The summed E-state index contributed by atoms with van der Waals surface area (Å²) in [7, 11) is 1.52.